The second-order valence-electron chi connectivity index (χ2n) is 5.26. The van der Waals surface area contributed by atoms with Crippen LogP contribution < -0.4 is 10.6 Å². The van der Waals surface area contributed by atoms with Crippen LogP contribution in [0.1, 0.15) is 36.3 Å². The van der Waals surface area contributed by atoms with E-state index in [9.17, 15) is 9.59 Å². The van der Waals surface area contributed by atoms with Gasteiger partial charge in [-0.25, -0.2) is 0 Å². The molecule has 2 aromatic heterocycles. The monoisotopic (exact) mass is 322 g/mol. The molecule has 0 aromatic carbocycles. The molecule has 2 N–H and O–H groups in total. The van der Waals surface area contributed by atoms with Gasteiger partial charge < -0.3 is 9.73 Å². The maximum atomic E-state index is 12.0. The summed E-state index contributed by atoms with van der Waals surface area (Å²) >= 11 is 1.34. The van der Waals surface area contributed by atoms with Crippen LogP contribution in [0.3, 0.4) is 0 Å². The first-order chi connectivity index (χ1) is 10.5. The Morgan fingerprint density at radius 3 is 2.73 bits per heavy atom. The number of aromatic nitrogens is 2. The third-order valence-electron chi connectivity index (χ3n) is 2.77. The highest BCUT2D eigenvalue weighted by atomic mass is 32.1. The van der Waals surface area contributed by atoms with Crippen molar-refractivity contribution in [2.75, 3.05) is 5.32 Å². The number of hydrogen-bond donors (Lipinski definition) is 2. The van der Waals surface area contributed by atoms with Crippen LogP contribution in [0.15, 0.2) is 22.8 Å². The van der Waals surface area contributed by atoms with E-state index in [1.807, 2.05) is 0 Å². The molecular formula is C14H18N4O3S. The summed E-state index contributed by atoms with van der Waals surface area (Å²) in [6.45, 7) is 5.77. The van der Waals surface area contributed by atoms with E-state index in [4.69, 9.17) is 4.42 Å². The number of carbonyl (C=O) groups excluding carboxylic acids is 2. The Balaban J connectivity index is 1.88. The number of hydrogen-bond acceptors (Lipinski definition) is 6. The van der Waals surface area contributed by atoms with Crippen LogP contribution in [0.2, 0.25) is 0 Å². The van der Waals surface area contributed by atoms with E-state index in [2.05, 4.69) is 34.7 Å². The number of carbonyl (C=O) groups is 2. The van der Waals surface area contributed by atoms with Gasteiger partial charge in [-0.2, -0.15) is 0 Å². The highest BCUT2D eigenvalue weighted by Gasteiger charge is 2.19. The lowest BCUT2D eigenvalue weighted by Crippen LogP contribution is -2.41. The highest BCUT2D eigenvalue weighted by Crippen LogP contribution is 2.18. The van der Waals surface area contributed by atoms with Crippen molar-refractivity contribution in [3.8, 4) is 0 Å². The molecule has 2 aromatic rings. The van der Waals surface area contributed by atoms with Gasteiger partial charge in [-0.15, -0.1) is 10.2 Å². The molecule has 118 valence electrons. The summed E-state index contributed by atoms with van der Waals surface area (Å²) in [4.78, 5) is 23.8. The minimum absolute atomic E-state index is 0.162. The van der Waals surface area contributed by atoms with Crippen LogP contribution in [0, 0.1) is 5.92 Å². The molecule has 8 heteroatoms. The molecule has 1 unspecified atom stereocenters. The van der Waals surface area contributed by atoms with Crippen molar-refractivity contribution in [1.29, 1.82) is 0 Å². The molecule has 0 aliphatic heterocycles. The lowest BCUT2D eigenvalue weighted by atomic mass is 10.1. The Kier molecular flexibility index (Phi) is 5.26. The smallest absolute Gasteiger partial charge is 0.287 e. The van der Waals surface area contributed by atoms with Gasteiger partial charge in [-0.1, -0.05) is 25.2 Å². The van der Waals surface area contributed by atoms with Crippen molar-refractivity contribution in [1.82, 2.24) is 15.5 Å². The number of rotatable bonds is 6. The molecule has 0 saturated carbocycles. The van der Waals surface area contributed by atoms with E-state index < -0.39 is 11.9 Å². The van der Waals surface area contributed by atoms with Crippen molar-refractivity contribution >= 4 is 28.3 Å². The largest absolute Gasteiger partial charge is 0.459 e. The van der Waals surface area contributed by atoms with Gasteiger partial charge in [0, 0.05) is 6.42 Å². The van der Waals surface area contributed by atoms with Gasteiger partial charge in [-0.05, 0) is 25.0 Å². The van der Waals surface area contributed by atoms with Gasteiger partial charge in [-0.3, -0.25) is 14.9 Å². The van der Waals surface area contributed by atoms with Gasteiger partial charge in [0.2, 0.25) is 11.0 Å². The molecule has 2 rings (SSSR count). The fraction of sp³-hybridized carbons (Fsp3) is 0.429. The average molecular weight is 322 g/mol. The molecular weight excluding hydrogens is 304 g/mol. The normalized spacial score (nSPS) is 12.2. The van der Waals surface area contributed by atoms with Crippen LogP contribution in [0.25, 0.3) is 0 Å². The standard InChI is InChI=1S/C14H18N4O3S/c1-8(2)7-11-17-18-14(22-11)16-12(19)9(3)15-13(20)10-5-4-6-21-10/h4-6,8-9H,7H2,1-3H3,(H,15,20)(H,16,18,19). The van der Waals surface area contributed by atoms with Crippen LogP contribution in [-0.4, -0.2) is 28.1 Å². The predicted molar refractivity (Wildman–Crippen MR) is 82.7 cm³/mol. The first-order valence-corrected chi connectivity index (χ1v) is 7.75. The molecule has 0 spiro atoms. The van der Waals surface area contributed by atoms with Gasteiger partial charge >= 0.3 is 0 Å². The van der Waals surface area contributed by atoms with E-state index in [-0.39, 0.29) is 11.7 Å². The number of furan rings is 1. The summed E-state index contributed by atoms with van der Waals surface area (Å²) in [6, 6.07) is 2.43. The Morgan fingerprint density at radius 2 is 2.09 bits per heavy atom. The third kappa shape index (κ3) is 4.39. The maximum Gasteiger partial charge on any atom is 0.287 e. The molecule has 0 fully saturated rings. The summed E-state index contributed by atoms with van der Waals surface area (Å²) < 4.78 is 4.97. The fourth-order valence-electron chi connectivity index (χ4n) is 1.69. The van der Waals surface area contributed by atoms with E-state index >= 15 is 0 Å². The van der Waals surface area contributed by atoms with Gasteiger partial charge in [0.15, 0.2) is 5.76 Å². The summed E-state index contributed by atoms with van der Waals surface area (Å²) in [7, 11) is 0. The van der Waals surface area contributed by atoms with Crippen LogP contribution >= 0.6 is 11.3 Å². The molecule has 7 nitrogen and oxygen atoms in total. The summed E-state index contributed by atoms with van der Waals surface area (Å²) in [5, 5.41) is 14.5. The quantitative estimate of drug-likeness (QED) is 0.848. The zero-order valence-electron chi connectivity index (χ0n) is 12.6. The predicted octanol–water partition coefficient (Wildman–Crippen LogP) is 2.09. The van der Waals surface area contributed by atoms with Gasteiger partial charge in [0.1, 0.15) is 11.0 Å². The SMILES string of the molecule is CC(C)Cc1nnc(NC(=O)C(C)NC(=O)c2ccco2)s1. The first kappa shape index (κ1) is 16.2. The van der Waals surface area contributed by atoms with Crippen molar-refractivity contribution < 1.29 is 14.0 Å². The maximum absolute atomic E-state index is 12.0. The lowest BCUT2D eigenvalue weighted by molar-refractivity contribution is -0.117. The zero-order valence-corrected chi connectivity index (χ0v) is 13.4. The molecule has 0 aliphatic carbocycles. The minimum Gasteiger partial charge on any atom is -0.459 e. The molecule has 1 atom stereocenters. The molecule has 2 heterocycles. The molecule has 0 bridgehead atoms. The zero-order chi connectivity index (χ0) is 16.1. The molecule has 0 saturated heterocycles. The Hall–Kier alpha value is -2.22. The molecule has 0 radical (unpaired) electrons. The van der Waals surface area contributed by atoms with Gasteiger partial charge in [0.25, 0.3) is 5.91 Å². The summed E-state index contributed by atoms with van der Waals surface area (Å²) in [5.41, 5.74) is 0. The van der Waals surface area contributed by atoms with E-state index in [0.29, 0.717) is 11.0 Å². The van der Waals surface area contributed by atoms with Crippen molar-refractivity contribution in [3.05, 3.63) is 29.2 Å². The number of anilines is 1. The second-order valence-corrected chi connectivity index (χ2v) is 6.32. The van der Waals surface area contributed by atoms with Crippen LogP contribution in [0.4, 0.5) is 5.13 Å². The summed E-state index contributed by atoms with van der Waals surface area (Å²) in [6.07, 6.45) is 2.22. The van der Waals surface area contributed by atoms with Crippen molar-refractivity contribution in [2.24, 2.45) is 5.92 Å². The average Bonchev–Trinajstić information content (AvgIpc) is 3.09. The topological polar surface area (TPSA) is 97.1 Å². The Morgan fingerprint density at radius 1 is 1.32 bits per heavy atom. The number of nitrogens with one attached hydrogen (secondary N) is 2. The van der Waals surface area contributed by atoms with E-state index in [0.717, 1.165) is 11.4 Å². The number of nitrogens with zero attached hydrogens (tertiary/aromatic N) is 2. The second kappa shape index (κ2) is 7.17. The summed E-state index contributed by atoms with van der Waals surface area (Å²) in [5.74, 6) is -0.157. The highest BCUT2D eigenvalue weighted by molar-refractivity contribution is 7.15. The lowest BCUT2D eigenvalue weighted by Gasteiger charge is -2.11. The Labute approximate surface area is 132 Å². The van der Waals surface area contributed by atoms with E-state index in [1.165, 1.54) is 23.7 Å². The van der Waals surface area contributed by atoms with E-state index in [1.54, 1.807) is 13.0 Å². The molecule has 0 aliphatic rings. The first-order valence-electron chi connectivity index (χ1n) is 6.93. The van der Waals surface area contributed by atoms with Crippen molar-refractivity contribution in [3.63, 3.8) is 0 Å². The third-order valence-corrected chi connectivity index (χ3v) is 3.63. The Bertz CT molecular complexity index is 636. The number of amides is 2. The van der Waals surface area contributed by atoms with Crippen molar-refractivity contribution in [2.45, 2.75) is 33.2 Å². The molecule has 22 heavy (non-hydrogen) atoms. The van der Waals surface area contributed by atoms with Crippen LogP contribution in [0.5, 0.6) is 0 Å². The molecule has 2 amide bonds. The van der Waals surface area contributed by atoms with Crippen LogP contribution in [-0.2, 0) is 11.2 Å². The minimum atomic E-state index is -0.713. The van der Waals surface area contributed by atoms with Gasteiger partial charge in [0.05, 0.1) is 6.26 Å². The fourth-order valence-corrected chi connectivity index (χ4v) is 2.65.